The van der Waals surface area contributed by atoms with Crippen molar-refractivity contribution in [3.05, 3.63) is 24.3 Å². The maximum Gasteiger partial charge on any atom is 0.260 e. The molecule has 0 fully saturated rings. The molecule has 0 radical (unpaired) electrons. The Hall–Kier alpha value is -2.08. The molecule has 2 amide bonds. The van der Waals surface area contributed by atoms with Gasteiger partial charge in [-0.25, -0.2) is 0 Å². The first-order chi connectivity index (χ1) is 9.60. The molecule has 110 valence electrons. The topological polar surface area (TPSA) is 84.7 Å². The molecule has 0 unspecified atom stereocenters. The number of nitrogens with two attached hydrogens (primary N) is 1. The van der Waals surface area contributed by atoms with Crippen LogP contribution in [0.2, 0.25) is 0 Å². The maximum atomic E-state index is 11.8. The molecule has 1 aromatic carbocycles. The fraction of sp³-hybridized carbons (Fsp3) is 0.429. The summed E-state index contributed by atoms with van der Waals surface area (Å²) in [4.78, 5) is 24.7. The fourth-order valence-electron chi connectivity index (χ4n) is 1.69. The van der Waals surface area contributed by atoms with E-state index >= 15 is 0 Å². The number of benzene rings is 1. The van der Waals surface area contributed by atoms with Gasteiger partial charge in [-0.1, -0.05) is 6.07 Å². The van der Waals surface area contributed by atoms with Crippen LogP contribution in [0.5, 0.6) is 5.75 Å². The lowest BCUT2D eigenvalue weighted by Crippen LogP contribution is -2.34. The van der Waals surface area contributed by atoms with Gasteiger partial charge in [-0.3, -0.25) is 9.59 Å². The Balaban J connectivity index is 2.58. The second-order valence-electron chi connectivity index (χ2n) is 4.13. The van der Waals surface area contributed by atoms with Gasteiger partial charge in [0.15, 0.2) is 6.61 Å². The van der Waals surface area contributed by atoms with E-state index in [1.165, 1.54) is 0 Å². The van der Waals surface area contributed by atoms with Gasteiger partial charge in [-0.2, -0.15) is 0 Å². The molecule has 6 heteroatoms. The van der Waals surface area contributed by atoms with Crippen molar-refractivity contribution in [2.24, 2.45) is 5.73 Å². The van der Waals surface area contributed by atoms with Crippen LogP contribution in [0.15, 0.2) is 24.3 Å². The zero-order chi connectivity index (χ0) is 15.0. The number of ether oxygens (including phenoxy) is 1. The number of anilines is 1. The second-order valence-corrected chi connectivity index (χ2v) is 4.13. The highest BCUT2D eigenvalue weighted by atomic mass is 16.5. The van der Waals surface area contributed by atoms with Crippen LogP contribution < -0.4 is 15.8 Å². The summed E-state index contributed by atoms with van der Waals surface area (Å²) in [5.41, 5.74) is 5.82. The largest absolute Gasteiger partial charge is 0.484 e. The number of hydrogen-bond acceptors (Lipinski definition) is 4. The molecule has 0 aliphatic heterocycles. The number of carbonyl (C=O) groups excluding carboxylic acids is 2. The molecule has 0 saturated carbocycles. The number of carbonyl (C=O) groups is 2. The van der Waals surface area contributed by atoms with E-state index in [4.69, 9.17) is 10.5 Å². The Morgan fingerprint density at radius 1 is 1.30 bits per heavy atom. The molecule has 20 heavy (non-hydrogen) atoms. The lowest BCUT2D eigenvalue weighted by atomic mass is 10.3. The number of amides is 2. The van der Waals surface area contributed by atoms with E-state index in [2.05, 4.69) is 5.32 Å². The summed E-state index contributed by atoms with van der Waals surface area (Å²) in [6.07, 6.45) is 0. The summed E-state index contributed by atoms with van der Waals surface area (Å²) >= 11 is 0. The highest BCUT2D eigenvalue weighted by Crippen LogP contribution is 2.17. The van der Waals surface area contributed by atoms with Crippen molar-refractivity contribution in [2.45, 2.75) is 13.8 Å². The molecular formula is C14H21N3O3. The average molecular weight is 279 g/mol. The third-order valence-electron chi connectivity index (χ3n) is 2.78. The number of likely N-dealkylation sites (N-methyl/N-ethyl adjacent to an activating group) is 1. The first-order valence-electron chi connectivity index (χ1n) is 6.61. The summed E-state index contributed by atoms with van der Waals surface area (Å²) < 4.78 is 5.43. The van der Waals surface area contributed by atoms with E-state index in [0.29, 0.717) is 24.5 Å². The van der Waals surface area contributed by atoms with Crippen molar-refractivity contribution in [3.63, 3.8) is 0 Å². The van der Waals surface area contributed by atoms with Gasteiger partial charge in [-0.15, -0.1) is 0 Å². The Morgan fingerprint density at radius 3 is 2.60 bits per heavy atom. The molecule has 0 aliphatic rings. The number of hydrogen-bond donors (Lipinski definition) is 2. The van der Waals surface area contributed by atoms with Crippen molar-refractivity contribution in [3.8, 4) is 5.75 Å². The molecule has 0 bridgehead atoms. The van der Waals surface area contributed by atoms with Crippen LogP contribution in [0, 0.1) is 0 Å². The highest BCUT2D eigenvalue weighted by molar-refractivity contribution is 5.92. The minimum Gasteiger partial charge on any atom is -0.484 e. The van der Waals surface area contributed by atoms with Gasteiger partial charge in [0.05, 0.1) is 6.54 Å². The van der Waals surface area contributed by atoms with Crippen LogP contribution >= 0.6 is 0 Å². The van der Waals surface area contributed by atoms with E-state index in [0.717, 1.165) is 0 Å². The quantitative estimate of drug-likeness (QED) is 0.774. The van der Waals surface area contributed by atoms with Crippen LogP contribution in [0.1, 0.15) is 13.8 Å². The van der Waals surface area contributed by atoms with E-state index in [9.17, 15) is 9.59 Å². The van der Waals surface area contributed by atoms with Gasteiger partial charge >= 0.3 is 0 Å². The molecule has 0 heterocycles. The van der Waals surface area contributed by atoms with E-state index in [1.54, 1.807) is 29.2 Å². The predicted molar refractivity (Wildman–Crippen MR) is 77.5 cm³/mol. The Labute approximate surface area is 118 Å². The highest BCUT2D eigenvalue weighted by Gasteiger charge is 2.10. The lowest BCUT2D eigenvalue weighted by Gasteiger charge is -2.18. The normalized spacial score (nSPS) is 9.95. The first kappa shape index (κ1) is 16.0. The number of nitrogens with one attached hydrogen (secondary N) is 1. The molecular weight excluding hydrogens is 258 g/mol. The third kappa shape index (κ3) is 4.89. The molecule has 0 aromatic heterocycles. The molecule has 6 nitrogen and oxygen atoms in total. The van der Waals surface area contributed by atoms with Gasteiger partial charge in [0, 0.05) is 24.8 Å². The van der Waals surface area contributed by atoms with E-state index in [-0.39, 0.29) is 25.0 Å². The Kier molecular flexibility index (Phi) is 6.52. The van der Waals surface area contributed by atoms with E-state index < -0.39 is 0 Å². The third-order valence-corrected chi connectivity index (χ3v) is 2.78. The molecule has 0 atom stereocenters. The zero-order valence-electron chi connectivity index (χ0n) is 11.9. The molecule has 0 saturated heterocycles. The average Bonchev–Trinajstić information content (AvgIpc) is 2.46. The molecule has 0 spiro atoms. The van der Waals surface area contributed by atoms with Gasteiger partial charge in [-0.05, 0) is 26.0 Å². The SMILES string of the molecule is CCN(CC)C(=O)COc1cccc(NC(=O)CN)c1. The monoisotopic (exact) mass is 279 g/mol. The summed E-state index contributed by atoms with van der Waals surface area (Å²) in [7, 11) is 0. The van der Waals surface area contributed by atoms with Gasteiger partial charge in [0.1, 0.15) is 5.75 Å². The Morgan fingerprint density at radius 2 is 2.00 bits per heavy atom. The molecule has 0 aliphatic carbocycles. The standard InChI is InChI=1S/C14H21N3O3/c1-3-17(4-2)14(19)10-20-12-7-5-6-11(8-12)16-13(18)9-15/h5-8H,3-4,9-10,15H2,1-2H3,(H,16,18). The van der Waals surface area contributed by atoms with Crippen molar-refractivity contribution in [1.29, 1.82) is 0 Å². The second kappa shape index (κ2) is 8.16. The molecule has 1 aromatic rings. The first-order valence-corrected chi connectivity index (χ1v) is 6.61. The van der Waals surface area contributed by atoms with Crippen molar-refractivity contribution in [1.82, 2.24) is 4.90 Å². The number of rotatable bonds is 7. The van der Waals surface area contributed by atoms with Crippen molar-refractivity contribution >= 4 is 17.5 Å². The molecule has 3 N–H and O–H groups in total. The van der Waals surface area contributed by atoms with Crippen LogP contribution in [0.3, 0.4) is 0 Å². The van der Waals surface area contributed by atoms with Crippen molar-refractivity contribution in [2.75, 3.05) is 31.6 Å². The van der Waals surface area contributed by atoms with E-state index in [1.807, 2.05) is 13.8 Å². The molecule has 1 rings (SSSR count). The summed E-state index contributed by atoms with van der Waals surface area (Å²) in [6, 6.07) is 6.85. The zero-order valence-corrected chi connectivity index (χ0v) is 11.9. The van der Waals surface area contributed by atoms with Gasteiger partial charge in [0.2, 0.25) is 5.91 Å². The lowest BCUT2D eigenvalue weighted by molar-refractivity contribution is -0.133. The van der Waals surface area contributed by atoms with Gasteiger partial charge < -0.3 is 20.7 Å². The minimum absolute atomic E-state index is 0.0179. The van der Waals surface area contributed by atoms with Crippen LogP contribution in [0.25, 0.3) is 0 Å². The Bertz CT molecular complexity index is 459. The van der Waals surface area contributed by atoms with Crippen LogP contribution in [0.4, 0.5) is 5.69 Å². The van der Waals surface area contributed by atoms with Crippen LogP contribution in [-0.4, -0.2) is 43.0 Å². The summed E-state index contributed by atoms with van der Waals surface area (Å²) in [6.45, 7) is 5.06. The fourth-order valence-corrected chi connectivity index (χ4v) is 1.69. The van der Waals surface area contributed by atoms with Gasteiger partial charge in [0.25, 0.3) is 5.91 Å². The maximum absolute atomic E-state index is 11.8. The minimum atomic E-state index is -0.277. The summed E-state index contributed by atoms with van der Waals surface area (Å²) in [5.74, 6) is 0.188. The predicted octanol–water partition coefficient (Wildman–Crippen LogP) is 0.831. The number of nitrogens with zero attached hydrogens (tertiary/aromatic N) is 1. The van der Waals surface area contributed by atoms with Crippen molar-refractivity contribution < 1.29 is 14.3 Å². The van der Waals surface area contributed by atoms with Crippen LogP contribution in [-0.2, 0) is 9.59 Å². The smallest absolute Gasteiger partial charge is 0.260 e. The summed E-state index contributed by atoms with van der Waals surface area (Å²) in [5, 5.41) is 2.63.